The molecule has 3 amide bonds. The molecule has 3 heterocycles. The Morgan fingerprint density at radius 2 is 1.62 bits per heavy atom. The van der Waals surface area contributed by atoms with Crippen LogP contribution >= 0.6 is 22.9 Å². The molecule has 4 aromatic rings. The van der Waals surface area contributed by atoms with Crippen LogP contribution < -0.4 is 10.1 Å². The zero-order chi connectivity index (χ0) is 31.3. The van der Waals surface area contributed by atoms with Crippen molar-refractivity contribution >= 4 is 40.7 Å². The molecule has 1 aromatic heterocycles. The van der Waals surface area contributed by atoms with Gasteiger partial charge in [0.05, 0.1) is 37.2 Å². The van der Waals surface area contributed by atoms with E-state index in [9.17, 15) is 14.4 Å². The number of nitrogens with zero attached hydrogens (tertiary/aromatic N) is 2. The van der Waals surface area contributed by atoms with Gasteiger partial charge in [0.15, 0.2) is 5.78 Å². The quantitative estimate of drug-likeness (QED) is 0.232. The minimum Gasteiger partial charge on any atom is -0.496 e. The predicted octanol–water partition coefficient (Wildman–Crippen LogP) is 6.19. The maximum absolute atomic E-state index is 14.6. The Kier molecular flexibility index (Phi) is 9.49. The molecule has 0 saturated carbocycles. The molecule has 2 saturated heterocycles. The summed E-state index contributed by atoms with van der Waals surface area (Å²) in [6.07, 6.45) is 0. The minimum absolute atomic E-state index is 0.112. The normalized spacial score (nSPS) is 21.4. The Morgan fingerprint density at radius 1 is 0.911 bits per heavy atom. The van der Waals surface area contributed by atoms with Gasteiger partial charge < -0.3 is 24.6 Å². The van der Waals surface area contributed by atoms with Gasteiger partial charge in [0.25, 0.3) is 0 Å². The molecule has 4 atom stereocenters. The van der Waals surface area contributed by atoms with E-state index < -0.39 is 23.9 Å². The number of nitrogens with one attached hydrogen (secondary N) is 1. The number of Topliss-reactive ketones (excluding diaryl/α,β-unsaturated/α-hetero) is 1. The molecule has 3 aromatic carbocycles. The smallest absolute Gasteiger partial charge is 0.321 e. The molecular weight excluding hydrogens is 610 g/mol. The molecule has 6 rings (SSSR count). The number of amides is 3. The van der Waals surface area contributed by atoms with Gasteiger partial charge >= 0.3 is 6.03 Å². The summed E-state index contributed by atoms with van der Waals surface area (Å²) in [7, 11) is 1.59. The highest BCUT2D eigenvalue weighted by molar-refractivity contribution is 7.12. The van der Waals surface area contributed by atoms with Gasteiger partial charge in [-0.1, -0.05) is 78.3 Å². The van der Waals surface area contributed by atoms with Crippen LogP contribution in [0.4, 0.5) is 4.79 Å². The molecule has 10 heteroatoms. The number of carbonyl (C=O) groups excluding carboxylic acids is 3. The monoisotopic (exact) mass is 643 g/mol. The number of ketones is 1. The van der Waals surface area contributed by atoms with Crippen molar-refractivity contribution in [1.29, 1.82) is 0 Å². The zero-order valence-corrected chi connectivity index (χ0v) is 26.4. The molecule has 2 aliphatic heterocycles. The first-order chi connectivity index (χ1) is 22.0. The van der Waals surface area contributed by atoms with Crippen molar-refractivity contribution in [3.05, 3.63) is 123 Å². The van der Waals surface area contributed by atoms with Crippen molar-refractivity contribution < 1.29 is 23.9 Å². The fourth-order valence-corrected chi connectivity index (χ4v) is 7.31. The highest BCUT2D eigenvalue weighted by Gasteiger charge is 2.58. The predicted molar refractivity (Wildman–Crippen MR) is 174 cm³/mol. The number of benzene rings is 3. The van der Waals surface area contributed by atoms with Crippen molar-refractivity contribution in [3.8, 4) is 5.75 Å². The standard InChI is InChI=1S/C35H34ClN3O5S/c1-43-27-11-6-5-10-25(27)22-37-34(41)32-29(23-13-15-26(36)16-14-23)30(33(40)28-12-7-21-45-28)31(24-8-3-2-4-9-24)39(32)35(42)38-17-19-44-20-18-38/h2-16,21,29-32H,17-20,22H2,1H3,(H,37,41). The topological polar surface area (TPSA) is 88.2 Å². The van der Waals surface area contributed by atoms with Crippen LogP contribution in [0.1, 0.15) is 38.3 Å². The first kappa shape index (κ1) is 30.8. The number of hydrogen-bond donors (Lipinski definition) is 1. The lowest BCUT2D eigenvalue weighted by Gasteiger charge is -2.37. The number of rotatable bonds is 8. The summed E-state index contributed by atoms with van der Waals surface area (Å²) in [4.78, 5) is 47.7. The Morgan fingerprint density at radius 3 is 2.31 bits per heavy atom. The first-order valence-corrected chi connectivity index (χ1v) is 16.2. The van der Waals surface area contributed by atoms with Crippen molar-refractivity contribution in [3.63, 3.8) is 0 Å². The van der Waals surface area contributed by atoms with Gasteiger partial charge in [-0.15, -0.1) is 11.3 Å². The van der Waals surface area contributed by atoms with Crippen LogP contribution in [0.25, 0.3) is 0 Å². The summed E-state index contributed by atoms with van der Waals surface area (Å²) in [6, 6.07) is 25.9. The Balaban J connectivity index is 1.51. The van der Waals surface area contributed by atoms with Crippen molar-refractivity contribution in [2.45, 2.75) is 24.5 Å². The second-order valence-corrected chi connectivity index (χ2v) is 12.4. The first-order valence-electron chi connectivity index (χ1n) is 14.9. The molecule has 8 nitrogen and oxygen atoms in total. The van der Waals surface area contributed by atoms with E-state index in [1.54, 1.807) is 35.1 Å². The van der Waals surface area contributed by atoms with Crippen molar-refractivity contribution in [1.82, 2.24) is 15.1 Å². The van der Waals surface area contributed by atoms with Crippen LogP contribution in [-0.2, 0) is 16.1 Å². The van der Waals surface area contributed by atoms with Crippen LogP contribution in [-0.4, -0.2) is 67.0 Å². The van der Waals surface area contributed by atoms with E-state index >= 15 is 0 Å². The number of morpholine rings is 1. The van der Waals surface area contributed by atoms with Gasteiger partial charge in [0.1, 0.15) is 11.8 Å². The number of urea groups is 1. The number of methoxy groups -OCH3 is 1. The minimum atomic E-state index is -1.00. The van der Waals surface area contributed by atoms with Gasteiger partial charge in [-0.05, 0) is 40.8 Å². The molecule has 0 spiro atoms. The van der Waals surface area contributed by atoms with E-state index in [0.717, 1.165) is 16.7 Å². The molecule has 2 aliphatic rings. The maximum atomic E-state index is 14.6. The molecule has 1 N–H and O–H groups in total. The number of halogens is 1. The number of para-hydroxylation sites is 1. The fourth-order valence-electron chi connectivity index (χ4n) is 6.48. The van der Waals surface area contributed by atoms with Crippen LogP contribution in [0, 0.1) is 5.92 Å². The van der Waals surface area contributed by atoms with Gasteiger partial charge in [-0.2, -0.15) is 0 Å². The highest BCUT2D eigenvalue weighted by Crippen LogP contribution is 2.52. The van der Waals surface area contributed by atoms with Crippen LogP contribution in [0.2, 0.25) is 5.02 Å². The Bertz CT molecular complexity index is 1630. The second kappa shape index (κ2) is 13.9. The molecule has 0 bridgehead atoms. The third-order valence-electron chi connectivity index (χ3n) is 8.55. The summed E-state index contributed by atoms with van der Waals surface area (Å²) in [5.74, 6) is -1.24. The second-order valence-electron chi connectivity index (χ2n) is 11.1. The van der Waals surface area contributed by atoms with E-state index in [4.69, 9.17) is 21.1 Å². The molecular formula is C35H34ClN3O5S. The zero-order valence-electron chi connectivity index (χ0n) is 24.8. The van der Waals surface area contributed by atoms with Crippen molar-refractivity contribution in [2.24, 2.45) is 5.92 Å². The summed E-state index contributed by atoms with van der Waals surface area (Å²) in [5, 5.41) is 5.49. The van der Waals surface area contributed by atoms with Crippen LogP contribution in [0.15, 0.2) is 96.4 Å². The number of ether oxygens (including phenoxy) is 2. The number of likely N-dealkylation sites (tertiary alicyclic amines) is 1. The summed E-state index contributed by atoms with van der Waals surface area (Å²) in [6.45, 7) is 1.77. The maximum Gasteiger partial charge on any atom is 0.321 e. The van der Waals surface area contributed by atoms with E-state index in [0.29, 0.717) is 42.0 Å². The average Bonchev–Trinajstić information content (AvgIpc) is 3.75. The summed E-state index contributed by atoms with van der Waals surface area (Å²) >= 11 is 7.67. The van der Waals surface area contributed by atoms with Gasteiger partial charge in [0, 0.05) is 36.1 Å². The van der Waals surface area contributed by atoms with E-state index in [2.05, 4.69) is 5.32 Å². The van der Waals surface area contributed by atoms with Gasteiger partial charge in [-0.25, -0.2) is 4.79 Å². The lowest BCUT2D eigenvalue weighted by atomic mass is 9.77. The van der Waals surface area contributed by atoms with Gasteiger partial charge in [0.2, 0.25) is 5.91 Å². The molecule has 45 heavy (non-hydrogen) atoms. The lowest BCUT2D eigenvalue weighted by molar-refractivity contribution is -0.125. The molecule has 2 fully saturated rings. The van der Waals surface area contributed by atoms with E-state index in [1.807, 2.05) is 78.2 Å². The van der Waals surface area contributed by atoms with Gasteiger partial charge in [-0.3, -0.25) is 9.59 Å². The largest absolute Gasteiger partial charge is 0.496 e. The number of thiophene rings is 1. The average molecular weight is 644 g/mol. The fraction of sp³-hybridized carbons (Fsp3) is 0.286. The Hall–Kier alpha value is -4.18. The molecule has 232 valence electrons. The summed E-state index contributed by atoms with van der Waals surface area (Å²) in [5.41, 5.74) is 2.34. The summed E-state index contributed by atoms with van der Waals surface area (Å²) < 4.78 is 11.1. The third kappa shape index (κ3) is 6.33. The SMILES string of the molecule is COc1ccccc1CNC(=O)C1C(c2ccc(Cl)cc2)C(C(=O)c2cccs2)C(c2ccccc2)N1C(=O)N1CCOCC1. The number of hydrogen-bond acceptors (Lipinski definition) is 6. The Labute approximate surface area is 271 Å². The molecule has 4 unspecified atom stereocenters. The number of carbonyl (C=O) groups is 3. The van der Waals surface area contributed by atoms with E-state index in [-0.39, 0.29) is 24.3 Å². The molecule has 0 aliphatic carbocycles. The molecule has 0 radical (unpaired) electrons. The van der Waals surface area contributed by atoms with Crippen LogP contribution in [0.5, 0.6) is 5.75 Å². The van der Waals surface area contributed by atoms with Crippen LogP contribution in [0.3, 0.4) is 0 Å². The highest BCUT2D eigenvalue weighted by atomic mass is 35.5. The third-order valence-corrected chi connectivity index (χ3v) is 9.68. The van der Waals surface area contributed by atoms with E-state index in [1.165, 1.54) is 11.3 Å². The van der Waals surface area contributed by atoms with Crippen molar-refractivity contribution in [2.75, 3.05) is 33.4 Å². The lowest BCUT2D eigenvalue weighted by Crippen LogP contribution is -2.54.